The number of nitrogens with zero attached hydrogens (tertiary/aromatic N) is 1. The van der Waals surface area contributed by atoms with E-state index in [2.05, 4.69) is 4.74 Å². The van der Waals surface area contributed by atoms with Crippen LogP contribution in [0.3, 0.4) is 0 Å². The Balaban J connectivity index is 1.77. The zero-order valence-electron chi connectivity index (χ0n) is 17.0. The molecule has 1 fully saturated rings. The summed E-state index contributed by atoms with van der Waals surface area (Å²) in [6.07, 6.45) is 1.61. The number of ether oxygens (including phenoxy) is 3. The Bertz CT molecular complexity index is 1010. The third-order valence-electron chi connectivity index (χ3n) is 4.08. The van der Waals surface area contributed by atoms with Gasteiger partial charge in [0, 0.05) is 0 Å². The number of imide groups is 1. The van der Waals surface area contributed by atoms with Gasteiger partial charge in [-0.3, -0.25) is 14.5 Å². The molecule has 30 heavy (non-hydrogen) atoms. The van der Waals surface area contributed by atoms with Gasteiger partial charge >= 0.3 is 5.97 Å². The zero-order valence-corrected chi connectivity index (χ0v) is 17.8. The van der Waals surface area contributed by atoms with Crippen LogP contribution < -0.4 is 9.47 Å². The molecule has 1 aliphatic rings. The van der Waals surface area contributed by atoms with Gasteiger partial charge in [-0.2, -0.15) is 0 Å². The number of rotatable bonds is 7. The van der Waals surface area contributed by atoms with E-state index in [0.29, 0.717) is 22.8 Å². The molecule has 0 spiro atoms. The van der Waals surface area contributed by atoms with Crippen LogP contribution in [0.25, 0.3) is 6.08 Å². The first-order chi connectivity index (χ1) is 14.3. The van der Waals surface area contributed by atoms with Gasteiger partial charge in [-0.15, -0.1) is 0 Å². The average molecular weight is 431 g/mol. The molecular weight excluding hydrogens is 410 g/mol. The van der Waals surface area contributed by atoms with Crippen LogP contribution in [-0.2, 0) is 16.1 Å². The monoisotopic (exact) mass is 431 g/mol. The SMILES string of the molecule is COC(=O)c1ccc(CN2C(=O)S/C(=C/c3ccc(OC(C)C)c(OC)c3)C2=O)o1. The highest BCUT2D eigenvalue weighted by Gasteiger charge is 2.35. The van der Waals surface area contributed by atoms with E-state index >= 15 is 0 Å². The number of esters is 1. The maximum atomic E-state index is 12.7. The van der Waals surface area contributed by atoms with Crippen molar-refractivity contribution in [3.05, 3.63) is 52.3 Å². The molecule has 0 saturated carbocycles. The number of carbonyl (C=O) groups excluding carboxylic acids is 3. The summed E-state index contributed by atoms with van der Waals surface area (Å²) in [7, 11) is 2.77. The first-order valence-corrected chi connectivity index (χ1v) is 9.91. The van der Waals surface area contributed by atoms with Crippen LogP contribution in [0.1, 0.15) is 35.7 Å². The molecule has 0 N–H and O–H groups in total. The zero-order chi connectivity index (χ0) is 21.8. The predicted molar refractivity (Wildman–Crippen MR) is 110 cm³/mol. The van der Waals surface area contributed by atoms with Gasteiger partial charge in [-0.1, -0.05) is 6.07 Å². The van der Waals surface area contributed by atoms with E-state index in [-0.39, 0.29) is 23.3 Å². The second-order valence-corrected chi connectivity index (χ2v) is 7.60. The van der Waals surface area contributed by atoms with E-state index in [1.165, 1.54) is 26.4 Å². The summed E-state index contributed by atoms with van der Waals surface area (Å²) < 4.78 is 21.0. The molecule has 0 atom stereocenters. The molecule has 2 aromatic rings. The van der Waals surface area contributed by atoms with Crippen LogP contribution >= 0.6 is 11.8 Å². The van der Waals surface area contributed by atoms with Crippen molar-refractivity contribution in [3.8, 4) is 11.5 Å². The standard InChI is InChI=1S/C21H21NO7S/c1-12(2)28-15-7-5-13(9-17(15)26-3)10-18-19(23)22(21(25)30-18)11-14-6-8-16(29-14)20(24)27-4/h5-10,12H,11H2,1-4H3/b18-10+. The van der Waals surface area contributed by atoms with Crippen LogP contribution in [0.2, 0.25) is 0 Å². The fourth-order valence-corrected chi connectivity index (χ4v) is 3.58. The lowest BCUT2D eigenvalue weighted by molar-refractivity contribution is -0.123. The van der Waals surface area contributed by atoms with Crippen LogP contribution in [0.5, 0.6) is 11.5 Å². The van der Waals surface area contributed by atoms with Gasteiger partial charge in [0.25, 0.3) is 11.1 Å². The van der Waals surface area contributed by atoms with Gasteiger partial charge < -0.3 is 18.6 Å². The molecule has 0 bridgehead atoms. The minimum Gasteiger partial charge on any atom is -0.493 e. The lowest BCUT2D eigenvalue weighted by atomic mass is 10.2. The average Bonchev–Trinajstić information content (AvgIpc) is 3.28. The molecule has 0 unspecified atom stereocenters. The Morgan fingerprint density at radius 2 is 1.93 bits per heavy atom. The molecule has 2 heterocycles. The number of methoxy groups -OCH3 is 2. The van der Waals surface area contributed by atoms with Crippen molar-refractivity contribution in [3.63, 3.8) is 0 Å². The molecule has 1 saturated heterocycles. The normalized spacial score (nSPS) is 15.2. The van der Waals surface area contributed by atoms with E-state index in [4.69, 9.17) is 13.9 Å². The Morgan fingerprint density at radius 3 is 2.60 bits per heavy atom. The van der Waals surface area contributed by atoms with Gasteiger partial charge in [0.05, 0.1) is 31.8 Å². The third-order valence-corrected chi connectivity index (χ3v) is 4.99. The Labute approximate surface area is 177 Å². The van der Waals surface area contributed by atoms with Crippen molar-refractivity contribution in [1.82, 2.24) is 4.90 Å². The molecule has 1 aliphatic heterocycles. The summed E-state index contributed by atoms with van der Waals surface area (Å²) in [5.74, 6) is 0.359. The lowest BCUT2D eigenvalue weighted by Gasteiger charge is -2.14. The number of hydrogen-bond donors (Lipinski definition) is 0. The van der Waals surface area contributed by atoms with E-state index in [0.717, 1.165) is 16.7 Å². The van der Waals surface area contributed by atoms with Crippen molar-refractivity contribution >= 4 is 35.0 Å². The molecule has 158 valence electrons. The summed E-state index contributed by atoms with van der Waals surface area (Å²) in [6.45, 7) is 3.75. The lowest BCUT2D eigenvalue weighted by Crippen LogP contribution is -2.27. The molecule has 8 nitrogen and oxygen atoms in total. The molecule has 2 amide bonds. The number of furan rings is 1. The highest BCUT2D eigenvalue weighted by atomic mass is 32.2. The van der Waals surface area contributed by atoms with E-state index in [1.54, 1.807) is 24.3 Å². The number of hydrogen-bond acceptors (Lipinski definition) is 8. The van der Waals surface area contributed by atoms with Gasteiger partial charge in [-0.25, -0.2) is 4.79 Å². The Kier molecular flexibility index (Phi) is 6.51. The second kappa shape index (κ2) is 9.08. The summed E-state index contributed by atoms with van der Waals surface area (Å²) in [5, 5.41) is -0.422. The van der Waals surface area contributed by atoms with E-state index in [9.17, 15) is 14.4 Å². The molecule has 0 radical (unpaired) electrons. The highest BCUT2D eigenvalue weighted by Crippen LogP contribution is 2.35. The van der Waals surface area contributed by atoms with Gasteiger partial charge in [0.15, 0.2) is 11.5 Å². The quantitative estimate of drug-likeness (QED) is 0.478. The topological polar surface area (TPSA) is 95.3 Å². The fraction of sp³-hybridized carbons (Fsp3) is 0.286. The minimum absolute atomic E-state index is 0.00538. The van der Waals surface area contributed by atoms with Gasteiger partial charge in [0.1, 0.15) is 5.76 Å². The fourth-order valence-electron chi connectivity index (χ4n) is 2.74. The first kappa shape index (κ1) is 21.5. The molecule has 1 aromatic carbocycles. The molecule has 3 rings (SSSR count). The van der Waals surface area contributed by atoms with Crippen LogP contribution in [0, 0.1) is 0 Å². The number of carbonyl (C=O) groups is 3. The van der Waals surface area contributed by atoms with Crippen LogP contribution in [0.15, 0.2) is 39.7 Å². The van der Waals surface area contributed by atoms with Gasteiger partial charge in [0.2, 0.25) is 5.76 Å². The van der Waals surface area contributed by atoms with E-state index in [1.807, 2.05) is 13.8 Å². The maximum absolute atomic E-state index is 12.7. The largest absolute Gasteiger partial charge is 0.493 e. The summed E-state index contributed by atoms with van der Waals surface area (Å²) in [4.78, 5) is 37.9. The summed E-state index contributed by atoms with van der Waals surface area (Å²) >= 11 is 0.835. The predicted octanol–water partition coefficient (Wildman–Crippen LogP) is 4.10. The van der Waals surface area contributed by atoms with Crippen LogP contribution in [-0.4, -0.2) is 42.3 Å². The minimum atomic E-state index is -0.630. The third kappa shape index (κ3) is 4.68. The highest BCUT2D eigenvalue weighted by molar-refractivity contribution is 8.18. The summed E-state index contributed by atoms with van der Waals surface area (Å²) in [5.41, 5.74) is 0.694. The Hall–Kier alpha value is -3.20. The second-order valence-electron chi connectivity index (χ2n) is 6.60. The molecule has 0 aliphatic carbocycles. The molecule has 9 heteroatoms. The molecule has 1 aromatic heterocycles. The van der Waals surface area contributed by atoms with Crippen molar-refractivity contribution in [2.75, 3.05) is 14.2 Å². The Morgan fingerprint density at radius 1 is 1.17 bits per heavy atom. The summed E-state index contributed by atoms with van der Waals surface area (Å²) in [6, 6.07) is 8.23. The number of amides is 2. The van der Waals surface area contributed by atoms with Crippen molar-refractivity contribution in [1.29, 1.82) is 0 Å². The van der Waals surface area contributed by atoms with Crippen LogP contribution in [0.4, 0.5) is 4.79 Å². The van der Waals surface area contributed by atoms with Crippen molar-refractivity contribution < 1.29 is 33.0 Å². The number of benzene rings is 1. The maximum Gasteiger partial charge on any atom is 0.373 e. The van der Waals surface area contributed by atoms with E-state index < -0.39 is 17.1 Å². The first-order valence-electron chi connectivity index (χ1n) is 9.09. The van der Waals surface area contributed by atoms with Gasteiger partial charge in [-0.05, 0) is 61.5 Å². The van der Waals surface area contributed by atoms with Crippen molar-refractivity contribution in [2.24, 2.45) is 0 Å². The molecular formula is C21H21NO7S. The smallest absolute Gasteiger partial charge is 0.373 e. The number of thioether (sulfide) groups is 1. The van der Waals surface area contributed by atoms with Crippen molar-refractivity contribution in [2.45, 2.75) is 26.5 Å².